The SMILES string of the molecule is O=C(COc1ccc([C@H]2c3sc(=O)[nH]c3SC3C4CC(C5C(=O)N(c6ccc(Cl)cc6)C(=O)C45)C32)cc1)Nc1ccc(O)cc1. The van der Waals surface area contributed by atoms with E-state index < -0.39 is 5.92 Å². The Kier molecular flexibility index (Phi) is 6.81. The second-order valence-electron chi connectivity index (χ2n) is 11.9. The summed E-state index contributed by atoms with van der Waals surface area (Å²) >= 11 is 8.93. The number of aromatic hydroxyl groups is 1. The number of halogens is 1. The minimum absolute atomic E-state index is 0.00104. The van der Waals surface area contributed by atoms with Crippen LogP contribution in [0.1, 0.15) is 22.8 Å². The molecule has 12 heteroatoms. The lowest BCUT2D eigenvalue weighted by Crippen LogP contribution is -2.42. The number of ether oxygens (including phenoxy) is 1. The lowest BCUT2D eigenvalue weighted by Gasteiger charge is -2.43. The molecule has 7 atom stereocenters. The largest absolute Gasteiger partial charge is 0.508 e. The van der Waals surface area contributed by atoms with Crippen molar-refractivity contribution in [2.75, 3.05) is 16.8 Å². The van der Waals surface area contributed by atoms with Crippen molar-refractivity contribution in [2.24, 2.45) is 29.6 Å². The van der Waals surface area contributed by atoms with E-state index >= 15 is 0 Å². The number of benzene rings is 3. The van der Waals surface area contributed by atoms with E-state index in [1.807, 2.05) is 24.3 Å². The number of amides is 3. The lowest BCUT2D eigenvalue weighted by molar-refractivity contribution is -0.123. The van der Waals surface area contributed by atoms with Crippen LogP contribution in [0.25, 0.3) is 0 Å². The summed E-state index contributed by atoms with van der Waals surface area (Å²) < 4.78 is 5.74. The molecule has 4 aliphatic rings. The molecule has 3 fully saturated rings. The summed E-state index contributed by atoms with van der Waals surface area (Å²) in [4.78, 5) is 57.8. The number of phenols is 1. The maximum Gasteiger partial charge on any atom is 0.305 e. The van der Waals surface area contributed by atoms with Crippen molar-refractivity contribution in [3.63, 3.8) is 0 Å². The van der Waals surface area contributed by atoms with Gasteiger partial charge in [-0.1, -0.05) is 35.1 Å². The Morgan fingerprint density at radius 2 is 1.64 bits per heavy atom. The van der Waals surface area contributed by atoms with Crippen LogP contribution in [0.4, 0.5) is 11.4 Å². The van der Waals surface area contributed by atoms with Gasteiger partial charge in [0.1, 0.15) is 11.5 Å². The fourth-order valence-corrected chi connectivity index (χ4v) is 10.9. The van der Waals surface area contributed by atoms with Gasteiger partial charge in [0, 0.05) is 26.8 Å². The molecule has 4 aromatic rings. The Morgan fingerprint density at radius 3 is 2.36 bits per heavy atom. The monoisotopic (exact) mass is 659 g/mol. The van der Waals surface area contributed by atoms with Gasteiger partial charge in [-0.3, -0.25) is 24.1 Å². The van der Waals surface area contributed by atoms with Crippen molar-refractivity contribution < 1.29 is 24.2 Å². The number of carbonyl (C=O) groups is 3. The topological polar surface area (TPSA) is 129 Å². The van der Waals surface area contributed by atoms with E-state index in [1.54, 1.807) is 48.2 Å². The number of nitrogens with one attached hydrogen (secondary N) is 2. The summed E-state index contributed by atoms with van der Waals surface area (Å²) in [5.41, 5.74) is 2.10. The molecule has 228 valence electrons. The summed E-state index contributed by atoms with van der Waals surface area (Å²) in [5, 5.41) is 13.6. The predicted molar refractivity (Wildman–Crippen MR) is 171 cm³/mol. The third-order valence-electron chi connectivity index (χ3n) is 9.57. The molecule has 45 heavy (non-hydrogen) atoms. The number of thiazole rings is 1. The van der Waals surface area contributed by atoms with Crippen LogP contribution in [0.3, 0.4) is 0 Å². The molecule has 0 spiro atoms. The van der Waals surface area contributed by atoms with Crippen molar-refractivity contribution in [2.45, 2.75) is 22.6 Å². The molecule has 1 saturated heterocycles. The van der Waals surface area contributed by atoms with Crippen molar-refractivity contribution in [3.05, 3.63) is 97.9 Å². The van der Waals surface area contributed by atoms with Gasteiger partial charge >= 0.3 is 4.87 Å². The van der Waals surface area contributed by atoms with Crippen molar-refractivity contribution in [1.29, 1.82) is 0 Å². The molecule has 3 heterocycles. The first-order chi connectivity index (χ1) is 21.8. The van der Waals surface area contributed by atoms with E-state index in [0.717, 1.165) is 21.9 Å². The second kappa shape index (κ2) is 10.8. The summed E-state index contributed by atoms with van der Waals surface area (Å²) in [6.45, 7) is -0.193. The summed E-state index contributed by atoms with van der Waals surface area (Å²) in [7, 11) is 0. The van der Waals surface area contributed by atoms with Crippen LogP contribution in [0, 0.1) is 29.6 Å². The van der Waals surface area contributed by atoms with Crippen LogP contribution >= 0.6 is 34.7 Å². The molecular formula is C33H26ClN3O6S2. The summed E-state index contributed by atoms with van der Waals surface area (Å²) in [6, 6.07) is 20.6. The molecule has 2 saturated carbocycles. The van der Waals surface area contributed by atoms with E-state index in [2.05, 4.69) is 10.3 Å². The minimum Gasteiger partial charge on any atom is -0.508 e. The Bertz CT molecular complexity index is 1890. The van der Waals surface area contributed by atoms with Gasteiger partial charge in [0.2, 0.25) is 11.8 Å². The number of hydrogen-bond donors (Lipinski definition) is 3. The zero-order valence-corrected chi connectivity index (χ0v) is 25.9. The van der Waals surface area contributed by atoms with E-state index in [-0.39, 0.29) is 69.8 Å². The van der Waals surface area contributed by atoms with Crippen LogP contribution in [-0.4, -0.2) is 39.7 Å². The molecule has 2 bridgehead atoms. The quantitative estimate of drug-likeness (QED) is 0.184. The van der Waals surface area contributed by atoms with Crippen LogP contribution in [-0.2, 0) is 14.4 Å². The number of imide groups is 1. The molecule has 2 aliphatic carbocycles. The number of thioether (sulfide) groups is 1. The molecule has 3 amide bonds. The maximum absolute atomic E-state index is 13.9. The first-order valence-corrected chi connectivity index (χ1v) is 16.7. The predicted octanol–water partition coefficient (Wildman–Crippen LogP) is 5.49. The zero-order chi connectivity index (χ0) is 31.0. The number of phenolic OH excluding ortho intramolecular Hbond substituents is 1. The first kappa shape index (κ1) is 28.4. The highest BCUT2D eigenvalue weighted by molar-refractivity contribution is 8.00. The van der Waals surface area contributed by atoms with Crippen molar-refractivity contribution in [1.82, 2.24) is 4.98 Å². The highest BCUT2D eigenvalue weighted by atomic mass is 35.5. The number of nitrogens with zero attached hydrogens (tertiary/aromatic N) is 1. The zero-order valence-electron chi connectivity index (χ0n) is 23.5. The van der Waals surface area contributed by atoms with Crippen LogP contribution in [0.2, 0.25) is 5.02 Å². The number of aromatic nitrogens is 1. The highest BCUT2D eigenvalue weighted by Gasteiger charge is 2.69. The molecule has 9 nitrogen and oxygen atoms in total. The maximum atomic E-state index is 13.9. The van der Waals surface area contributed by atoms with Crippen molar-refractivity contribution >= 4 is 63.8 Å². The number of aromatic amines is 1. The van der Waals surface area contributed by atoms with Crippen molar-refractivity contribution in [3.8, 4) is 11.5 Å². The van der Waals surface area contributed by atoms with Gasteiger partial charge in [-0.05, 0) is 90.4 Å². The van der Waals surface area contributed by atoms with Gasteiger partial charge in [0.25, 0.3) is 5.91 Å². The lowest BCUT2D eigenvalue weighted by atomic mass is 9.68. The van der Waals surface area contributed by atoms with E-state index in [0.29, 0.717) is 22.1 Å². The number of anilines is 2. The van der Waals surface area contributed by atoms with E-state index in [1.165, 1.54) is 28.4 Å². The number of hydrogen-bond acceptors (Lipinski definition) is 8. The fourth-order valence-electron chi connectivity index (χ4n) is 7.90. The molecule has 0 radical (unpaired) electrons. The number of fused-ring (bicyclic) bond motifs is 9. The van der Waals surface area contributed by atoms with Gasteiger partial charge in [-0.25, -0.2) is 0 Å². The molecule has 3 aromatic carbocycles. The third-order valence-corrected chi connectivity index (χ3v) is 12.4. The van der Waals surface area contributed by atoms with Gasteiger partial charge in [-0.15, -0.1) is 11.8 Å². The molecule has 6 unspecified atom stereocenters. The van der Waals surface area contributed by atoms with Gasteiger partial charge in [-0.2, -0.15) is 0 Å². The summed E-state index contributed by atoms with van der Waals surface area (Å²) in [6.07, 6.45) is 0.802. The third kappa shape index (κ3) is 4.67. The molecular weight excluding hydrogens is 634 g/mol. The highest BCUT2D eigenvalue weighted by Crippen LogP contribution is 2.68. The Balaban J connectivity index is 1.05. The van der Waals surface area contributed by atoms with Gasteiger partial charge in [0.15, 0.2) is 6.61 Å². The smallest absolute Gasteiger partial charge is 0.305 e. The van der Waals surface area contributed by atoms with Gasteiger partial charge in [0.05, 0.1) is 22.5 Å². The molecule has 2 aliphatic heterocycles. The Hall–Kier alpha value is -4.06. The first-order valence-electron chi connectivity index (χ1n) is 14.6. The second-order valence-corrected chi connectivity index (χ2v) is 14.5. The van der Waals surface area contributed by atoms with E-state index in [9.17, 15) is 24.3 Å². The fraction of sp³-hybridized carbons (Fsp3) is 0.273. The number of carbonyl (C=O) groups excluding carboxylic acids is 3. The molecule has 1 aromatic heterocycles. The minimum atomic E-state index is -0.394. The van der Waals surface area contributed by atoms with Crippen LogP contribution in [0.15, 0.2) is 82.6 Å². The normalized spacial score (nSPS) is 27.7. The van der Waals surface area contributed by atoms with Crippen LogP contribution < -0.4 is 19.8 Å². The van der Waals surface area contributed by atoms with Crippen LogP contribution in [0.5, 0.6) is 11.5 Å². The molecule has 8 rings (SSSR count). The average Bonchev–Trinajstić information content (AvgIpc) is 3.77. The Labute approximate surface area is 270 Å². The summed E-state index contributed by atoms with van der Waals surface area (Å²) in [5.74, 6) is -0.780. The standard InChI is InChI=1S/C33H26ClN3O6S2/c34-16-3-7-18(8-4-16)37-31(40)26-21-13-22(27(26)32(37)41)28-25(21)24(29-30(44-28)36-33(42)45-29)15-1-11-20(12-2-15)43-14-23(39)35-17-5-9-19(38)10-6-17/h1-12,21-22,24-28,38H,13-14H2,(H,35,39)(H,36,42)/t21?,22?,24-,25?,26?,27?,28?/m1/s1. The van der Waals surface area contributed by atoms with Gasteiger partial charge < -0.3 is 20.1 Å². The average molecular weight is 660 g/mol. The molecule has 3 N–H and O–H groups in total. The Morgan fingerprint density at radius 1 is 0.956 bits per heavy atom. The number of H-pyrrole nitrogens is 1. The van der Waals surface area contributed by atoms with E-state index in [4.69, 9.17) is 16.3 Å². The number of rotatable bonds is 6.